The van der Waals surface area contributed by atoms with Crippen LogP contribution in [-0.2, 0) is 14.3 Å². The molecule has 1 spiro atoms. The lowest BCUT2D eigenvalue weighted by molar-refractivity contribution is -0.146. The van der Waals surface area contributed by atoms with Gasteiger partial charge in [0.2, 0.25) is 0 Å². The number of carboxylic acids is 1. The Morgan fingerprint density at radius 2 is 1.88 bits per heavy atom. The van der Waals surface area contributed by atoms with Gasteiger partial charge >= 0.3 is 5.97 Å². The van der Waals surface area contributed by atoms with Crippen molar-refractivity contribution in [3.05, 3.63) is 28.8 Å². The third-order valence-electron chi connectivity index (χ3n) is 6.00. The highest BCUT2D eigenvalue weighted by atomic mass is 16.5. The van der Waals surface area contributed by atoms with Crippen molar-refractivity contribution in [3.8, 4) is 5.75 Å². The molecule has 0 bridgehead atoms. The smallest absolute Gasteiger partial charge is 0.308 e. The Morgan fingerprint density at radius 3 is 2.54 bits per heavy atom. The van der Waals surface area contributed by atoms with Crippen LogP contribution in [0.4, 0.5) is 0 Å². The van der Waals surface area contributed by atoms with Gasteiger partial charge in [-0.25, -0.2) is 0 Å². The molecule has 0 radical (unpaired) electrons. The van der Waals surface area contributed by atoms with E-state index >= 15 is 0 Å². The summed E-state index contributed by atoms with van der Waals surface area (Å²) >= 11 is 0. The van der Waals surface area contributed by atoms with Crippen LogP contribution < -0.4 is 4.74 Å². The number of likely N-dealkylation sites (tertiary alicyclic amines) is 1. The lowest BCUT2D eigenvalue weighted by Gasteiger charge is -2.36. The van der Waals surface area contributed by atoms with Gasteiger partial charge in [-0.05, 0) is 50.3 Å². The zero-order chi connectivity index (χ0) is 18.9. The SMILES string of the molecule is Cc1ccc(C)c(OCC(=O)N2CC(C(=O)O)C3(CCOCC3)C2)c1C. The van der Waals surface area contributed by atoms with E-state index in [9.17, 15) is 14.7 Å². The molecule has 2 heterocycles. The summed E-state index contributed by atoms with van der Waals surface area (Å²) in [5.41, 5.74) is 2.77. The first-order chi connectivity index (χ1) is 12.3. The zero-order valence-corrected chi connectivity index (χ0v) is 15.7. The molecule has 1 aromatic carbocycles. The van der Waals surface area contributed by atoms with Crippen LogP contribution in [0.5, 0.6) is 5.75 Å². The molecule has 3 rings (SSSR count). The highest BCUT2D eigenvalue weighted by Gasteiger charge is 2.51. The summed E-state index contributed by atoms with van der Waals surface area (Å²) in [7, 11) is 0. The normalized spacial score (nSPS) is 21.8. The first kappa shape index (κ1) is 18.7. The number of carbonyl (C=O) groups excluding carboxylic acids is 1. The summed E-state index contributed by atoms with van der Waals surface area (Å²) in [4.78, 5) is 26.1. The number of aryl methyl sites for hydroxylation is 2. The van der Waals surface area contributed by atoms with Crippen molar-refractivity contribution < 1.29 is 24.2 Å². The molecule has 1 atom stereocenters. The second-order valence-corrected chi connectivity index (χ2v) is 7.58. The maximum Gasteiger partial charge on any atom is 0.308 e. The number of rotatable bonds is 4. The standard InChI is InChI=1S/C20H27NO5/c1-13-4-5-14(2)18(15(13)3)26-11-17(22)21-10-16(19(23)24)20(12-21)6-8-25-9-7-20/h4-5,16H,6-12H2,1-3H3,(H,23,24). The van der Waals surface area contributed by atoms with Crippen LogP contribution in [0.1, 0.15) is 29.5 Å². The van der Waals surface area contributed by atoms with Crippen molar-refractivity contribution in [3.63, 3.8) is 0 Å². The summed E-state index contributed by atoms with van der Waals surface area (Å²) in [5.74, 6) is -0.765. The van der Waals surface area contributed by atoms with Gasteiger partial charge in [0.15, 0.2) is 6.61 Å². The fourth-order valence-corrected chi connectivity index (χ4v) is 4.16. The van der Waals surface area contributed by atoms with Crippen LogP contribution in [0, 0.1) is 32.1 Å². The minimum absolute atomic E-state index is 0.0654. The van der Waals surface area contributed by atoms with Crippen molar-refractivity contribution in [2.24, 2.45) is 11.3 Å². The Balaban J connectivity index is 1.69. The van der Waals surface area contributed by atoms with E-state index in [1.54, 1.807) is 4.90 Å². The van der Waals surface area contributed by atoms with E-state index in [1.807, 2.05) is 32.9 Å². The second-order valence-electron chi connectivity index (χ2n) is 7.58. The molecular weight excluding hydrogens is 334 g/mol. The predicted molar refractivity (Wildman–Crippen MR) is 96.3 cm³/mol. The first-order valence-corrected chi connectivity index (χ1v) is 9.12. The fourth-order valence-electron chi connectivity index (χ4n) is 4.16. The van der Waals surface area contributed by atoms with Gasteiger partial charge in [-0.2, -0.15) is 0 Å². The molecule has 2 saturated heterocycles. The van der Waals surface area contributed by atoms with Gasteiger partial charge in [0, 0.05) is 31.7 Å². The molecule has 1 aromatic rings. The minimum atomic E-state index is -0.825. The molecular formula is C20H27NO5. The molecule has 0 aliphatic carbocycles. The van der Waals surface area contributed by atoms with Crippen LogP contribution in [0.3, 0.4) is 0 Å². The van der Waals surface area contributed by atoms with Crippen LogP contribution in [0.2, 0.25) is 0 Å². The van der Waals surface area contributed by atoms with Crippen molar-refractivity contribution in [1.82, 2.24) is 4.90 Å². The number of aliphatic carboxylic acids is 1. The molecule has 2 aliphatic rings. The quantitative estimate of drug-likeness (QED) is 0.891. The van der Waals surface area contributed by atoms with Crippen molar-refractivity contribution >= 4 is 11.9 Å². The Hall–Kier alpha value is -2.08. The second kappa shape index (κ2) is 7.27. The van der Waals surface area contributed by atoms with Gasteiger partial charge in [0.05, 0.1) is 5.92 Å². The van der Waals surface area contributed by atoms with Crippen LogP contribution >= 0.6 is 0 Å². The number of amides is 1. The monoisotopic (exact) mass is 361 g/mol. The third kappa shape index (κ3) is 3.43. The molecule has 1 N–H and O–H groups in total. The molecule has 1 unspecified atom stereocenters. The van der Waals surface area contributed by atoms with Crippen LogP contribution in [-0.4, -0.2) is 54.8 Å². The summed E-state index contributed by atoms with van der Waals surface area (Å²) in [6.45, 7) is 7.73. The van der Waals surface area contributed by atoms with E-state index in [4.69, 9.17) is 9.47 Å². The topological polar surface area (TPSA) is 76.1 Å². The van der Waals surface area contributed by atoms with E-state index < -0.39 is 11.9 Å². The van der Waals surface area contributed by atoms with Gasteiger partial charge in [0.1, 0.15) is 5.75 Å². The highest BCUT2D eigenvalue weighted by Crippen LogP contribution is 2.44. The van der Waals surface area contributed by atoms with Gasteiger partial charge < -0.3 is 19.5 Å². The number of carboxylic acid groups (broad SMARTS) is 1. The van der Waals surface area contributed by atoms with Crippen molar-refractivity contribution in [2.45, 2.75) is 33.6 Å². The molecule has 1 amide bonds. The number of ether oxygens (including phenoxy) is 2. The largest absolute Gasteiger partial charge is 0.483 e. The number of hydrogen-bond donors (Lipinski definition) is 1. The number of benzene rings is 1. The van der Waals surface area contributed by atoms with Gasteiger partial charge in [-0.15, -0.1) is 0 Å². The van der Waals surface area contributed by atoms with Crippen LogP contribution in [0.25, 0.3) is 0 Å². The average molecular weight is 361 g/mol. The first-order valence-electron chi connectivity index (χ1n) is 9.12. The molecule has 142 valence electrons. The summed E-state index contributed by atoms with van der Waals surface area (Å²) < 4.78 is 11.2. The van der Waals surface area contributed by atoms with E-state index in [1.165, 1.54) is 0 Å². The highest BCUT2D eigenvalue weighted by molar-refractivity contribution is 5.80. The number of hydrogen-bond acceptors (Lipinski definition) is 4. The molecule has 0 aromatic heterocycles. The molecule has 6 heteroatoms. The average Bonchev–Trinajstić information content (AvgIpc) is 2.98. The Labute approximate surface area is 154 Å². The van der Waals surface area contributed by atoms with E-state index in [0.717, 1.165) is 22.4 Å². The molecule has 26 heavy (non-hydrogen) atoms. The Morgan fingerprint density at radius 1 is 1.23 bits per heavy atom. The third-order valence-corrected chi connectivity index (χ3v) is 6.00. The van der Waals surface area contributed by atoms with E-state index in [2.05, 4.69) is 0 Å². The predicted octanol–water partition coefficient (Wildman–Crippen LogP) is 2.33. The molecule has 6 nitrogen and oxygen atoms in total. The number of nitrogens with zero attached hydrogens (tertiary/aromatic N) is 1. The minimum Gasteiger partial charge on any atom is -0.483 e. The Bertz CT molecular complexity index is 708. The van der Waals surface area contributed by atoms with E-state index in [-0.39, 0.29) is 24.5 Å². The summed E-state index contributed by atoms with van der Waals surface area (Å²) in [5, 5.41) is 9.63. The zero-order valence-electron chi connectivity index (χ0n) is 15.7. The maximum atomic E-state index is 12.7. The van der Waals surface area contributed by atoms with Gasteiger partial charge in [-0.3, -0.25) is 9.59 Å². The van der Waals surface area contributed by atoms with E-state index in [0.29, 0.717) is 32.6 Å². The Kier molecular flexibility index (Phi) is 5.23. The lowest BCUT2D eigenvalue weighted by atomic mass is 9.72. The van der Waals surface area contributed by atoms with Gasteiger partial charge in [0.25, 0.3) is 5.91 Å². The maximum absolute atomic E-state index is 12.7. The fraction of sp³-hybridized carbons (Fsp3) is 0.600. The lowest BCUT2D eigenvalue weighted by Crippen LogP contribution is -2.40. The molecule has 0 saturated carbocycles. The van der Waals surface area contributed by atoms with Crippen molar-refractivity contribution in [1.29, 1.82) is 0 Å². The summed E-state index contributed by atoms with van der Waals surface area (Å²) in [6.07, 6.45) is 1.37. The van der Waals surface area contributed by atoms with Crippen LogP contribution in [0.15, 0.2) is 12.1 Å². The van der Waals surface area contributed by atoms with Gasteiger partial charge in [-0.1, -0.05) is 12.1 Å². The number of carbonyl (C=O) groups is 2. The molecule has 2 aliphatic heterocycles. The summed E-state index contributed by atoms with van der Waals surface area (Å²) in [6, 6.07) is 4.02. The van der Waals surface area contributed by atoms with Crippen molar-refractivity contribution in [2.75, 3.05) is 32.9 Å². The molecule has 2 fully saturated rings.